The third-order valence-corrected chi connectivity index (χ3v) is 4.11. The fourth-order valence-corrected chi connectivity index (χ4v) is 3.00. The Kier molecular flexibility index (Phi) is 7.47. The van der Waals surface area contributed by atoms with Gasteiger partial charge in [-0.05, 0) is 12.1 Å². The fourth-order valence-electron chi connectivity index (χ4n) is 3.00. The first-order valence-corrected chi connectivity index (χ1v) is 8.97. The molecule has 1 aromatic carbocycles. The van der Waals surface area contributed by atoms with E-state index in [2.05, 4.69) is 5.32 Å². The van der Waals surface area contributed by atoms with E-state index in [1.165, 1.54) is 24.3 Å². The summed E-state index contributed by atoms with van der Waals surface area (Å²) in [5, 5.41) is 13.6. The fraction of sp³-hybridized carbons (Fsp3) is 0.444. The lowest BCUT2D eigenvalue weighted by molar-refractivity contribution is -0.384. The summed E-state index contributed by atoms with van der Waals surface area (Å²) >= 11 is 0. The lowest BCUT2D eigenvalue weighted by Gasteiger charge is -2.43. The van der Waals surface area contributed by atoms with Crippen molar-refractivity contribution in [2.75, 3.05) is 5.32 Å². The number of nitrogens with one attached hydrogen (secondary N) is 1. The van der Waals surface area contributed by atoms with Gasteiger partial charge in [-0.1, -0.05) is 0 Å². The second-order valence-corrected chi connectivity index (χ2v) is 6.55. The van der Waals surface area contributed by atoms with Crippen LogP contribution in [-0.2, 0) is 38.1 Å². The van der Waals surface area contributed by atoms with Crippen LogP contribution in [0.25, 0.3) is 0 Å². The number of benzene rings is 1. The molecule has 13 heteroatoms. The Hall–Kier alpha value is -3.74. The number of primary amides is 1. The van der Waals surface area contributed by atoms with Gasteiger partial charge in [0.1, 0.15) is 0 Å². The number of carbonyl (C=O) groups excluding carboxylic acids is 4. The first-order valence-electron chi connectivity index (χ1n) is 8.97. The van der Waals surface area contributed by atoms with E-state index in [9.17, 15) is 29.3 Å². The van der Waals surface area contributed by atoms with Gasteiger partial charge in [-0.3, -0.25) is 29.3 Å². The van der Waals surface area contributed by atoms with E-state index in [-0.39, 0.29) is 5.69 Å². The third kappa shape index (κ3) is 6.12. The number of rotatable bonds is 7. The summed E-state index contributed by atoms with van der Waals surface area (Å²) in [5.41, 5.74) is 5.50. The molecule has 1 heterocycles. The smallest absolute Gasteiger partial charge is 0.303 e. The predicted octanol–water partition coefficient (Wildman–Crippen LogP) is 0.0120. The van der Waals surface area contributed by atoms with Crippen LogP contribution in [0.2, 0.25) is 0 Å². The molecule has 0 radical (unpaired) electrons. The molecule has 1 aliphatic heterocycles. The summed E-state index contributed by atoms with van der Waals surface area (Å²) in [4.78, 5) is 57.1. The Bertz CT molecular complexity index is 872. The van der Waals surface area contributed by atoms with Gasteiger partial charge in [0.25, 0.3) is 11.6 Å². The highest BCUT2D eigenvalue weighted by molar-refractivity contribution is 5.81. The van der Waals surface area contributed by atoms with Crippen LogP contribution in [0.15, 0.2) is 24.3 Å². The quantitative estimate of drug-likeness (QED) is 0.252. The van der Waals surface area contributed by atoms with Gasteiger partial charge in [-0.15, -0.1) is 0 Å². The van der Waals surface area contributed by atoms with Gasteiger partial charge in [0.05, 0.1) is 4.92 Å². The molecule has 31 heavy (non-hydrogen) atoms. The van der Waals surface area contributed by atoms with Crippen molar-refractivity contribution < 1.29 is 43.0 Å². The van der Waals surface area contributed by atoms with Crippen molar-refractivity contribution in [3.8, 4) is 0 Å². The Labute approximate surface area is 175 Å². The van der Waals surface area contributed by atoms with Gasteiger partial charge in [0.15, 0.2) is 30.6 Å². The molecule has 0 bridgehead atoms. The summed E-state index contributed by atoms with van der Waals surface area (Å²) in [5.74, 6) is -3.43. The van der Waals surface area contributed by atoms with Crippen molar-refractivity contribution >= 4 is 35.2 Å². The largest absolute Gasteiger partial charge is 0.455 e. The monoisotopic (exact) mass is 439 g/mol. The molecule has 1 saturated heterocycles. The van der Waals surface area contributed by atoms with E-state index < -0.39 is 59.4 Å². The molecule has 3 N–H and O–H groups in total. The van der Waals surface area contributed by atoms with Crippen LogP contribution in [0.5, 0.6) is 0 Å². The second kappa shape index (κ2) is 9.84. The van der Waals surface area contributed by atoms with E-state index in [4.69, 9.17) is 24.7 Å². The molecule has 5 atom stereocenters. The SMILES string of the molecule is CC(=O)O[C@@H]1[C@@H](OC(C)=O)[C@H](Nc2ccc([N+](=O)[O-])cc2)O[C@H](C(N)=O)[C@H]1OC(C)=O. The maximum atomic E-state index is 12.0. The van der Waals surface area contributed by atoms with Crippen molar-refractivity contribution in [1.82, 2.24) is 0 Å². The molecule has 2 rings (SSSR count). The zero-order valence-corrected chi connectivity index (χ0v) is 16.8. The number of carbonyl (C=O) groups is 4. The topological polar surface area (TPSA) is 186 Å². The molecule has 13 nitrogen and oxygen atoms in total. The molecule has 168 valence electrons. The molecule has 0 unspecified atom stereocenters. The highest BCUT2D eigenvalue weighted by Gasteiger charge is 2.53. The highest BCUT2D eigenvalue weighted by atomic mass is 16.7. The zero-order chi connectivity index (χ0) is 23.3. The average molecular weight is 439 g/mol. The van der Waals surface area contributed by atoms with Crippen molar-refractivity contribution in [2.45, 2.75) is 51.4 Å². The average Bonchev–Trinajstić information content (AvgIpc) is 2.65. The number of nitro benzene ring substituents is 1. The second-order valence-electron chi connectivity index (χ2n) is 6.55. The summed E-state index contributed by atoms with van der Waals surface area (Å²) in [6, 6.07) is 5.13. The standard InChI is InChI=1S/C18H21N3O10/c1-8(22)28-13-14(29-9(2)23)16(30-10(3)24)18(31-15(13)17(19)25)20-11-4-6-12(7-5-11)21(26)27/h4-7,13-16,18,20H,1-3H3,(H2,19,25)/t13-,14-,15-,16+,18+/m0/s1. The number of esters is 3. The molecule has 0 saturated carbocycles. The summed E-state index contributed by atoms with van der Waals surface area (Å²) in [7, 11) is 0. The maximum absolute atomic E-state index is 12.0. The van der Waals surface area contributed by atoms with Crippen molar-refractivity contribution in [3.05, 3.63) is 34.4 Å². The van der Waals surface area contributed by atoms with Crippen LogP contribution in [0.4, 0.5) is 11.4 Å². The number of amides is 1. The van der Waals surface area contributed by atoms with Crippen LogP contribution in [0, 0.1) is 10.1 Å². The molecule has 0 aliphatic carbocycles. The number of non-ortho nitro benzene ring substituents is 1. The number of nitrogens with two attached hydrogens (primary N) is 1. The van der Waals surface area contributed by atoms with Gasteiger partial charge in [-0.2, -0.15) is 0 Å². The Balaban J connectivity index is 2.44. The molecule has 1 aromatic rings. The number of hydrogen-bond acceptors (Lipinski definition) is 11. The number of nitro groups is 1. The van der Waals surface area contributed by atoms with E-state index >= 15 is 0 Å². The summed E-state index contributed by atoms with van der Waals surface area (Å²) in [6.45, 7) is 3.23. The summed E-state index contributed by atoms with van der Waals surface area (Å²) < 4.78 is 21.1. The van der Waals surface area contributed by atoms with Crippen LogP contribution < -0.4 is 11.1 Å². The summed E-state index contributed by atoms with van der Waals surface area (Å²) in [6.07, 6.45) is -7.14. The first-order chi connectivity index (χ1) is 14.5. The minimum absolute atomic E-state index is 0.172. The molecule has 1 fully saturated rings. The Morgan fingerprint density at radius 1 is 0.935 bits per heavy atom. The van der Waals surface area contributed by atoms with Gasteiger partial charge >= 0.3 is 17.9 Å². The zero-order valence-electron chi connectivity index (χ0n) is 16.8. The highest BCUT2D eigenvalue weighted by Crippen LogP contribution is 2.30. The van der Waals surface area contributed by atoms with Crippen LogP contribution >= 0.6 is 0 Å². The van der Waals surface area contributed by atoms with Gasteiger partial charge in [0, 0.05) is 38.6 Å². The minimum atomic E-state index is -1.56. The van der Waals surface area contributed by atoms with Crippen LogP contribution in [0.1, 0.15) is 20.8 Å². The number of hydrogen-bond donors (Lipinski definition) is 2. The van der Waals surface area contributed by atoms with E-state index in [0.29, 0.717) is 5.69 Å². The third-order valence-electron chi connectivity index (χ3n) is 4.11. The molecular weight excluding hydrogens is 418 g/mol. The molecule has 1 aliphatic rings. The molecule has 1 amide bonds. The molecular formula is C18H21N3O10. The van der Waals surface area contributed by atoms with Crippen molar-refractivity contribution in [2.24, 2.45) is 5.73 Å². The Morgan fingerprint density at radius 3 is 1.87 bits per heavy atom. The first kappa shape index (κ1) is 23.5. The Morgan fingerprint density at radius 2 is 1.42 bits per heavy atom. The van der Waals surface area contributed by atoms with Gasteiger partial charge in [-0.25, -0.2) is 0 Å². The lowest BCUT2D eigenvalue weighted by atomic mass is 9.96. The minimum Gasteiger partial charge on any atom is -0.455 e. The normalized spacial score (nSPS) is 25.1. The predicted molar refractivity (Wildman–Crippen MR) is 101 cm³/mol. The van der Waals surface area contributed by atoms with E-state index in [1.54, 1.807) is 0 Å². The number of anilines is 1. The molecule has 0 spiro atoms. The van der Waals surface area contributed by atoms with Crippen molar-refractivity contribution in [1.29, 1.82) is 0 Å². The van der Waals surface area contributed by atoms with Gasteiger partial charge < -0.3 is 30.0 Å². The maximum Gasteiger partial charge on any atom is 0.303 e. The van der Waals surface area contributed by atoms with Crippen molar-refractivity contribution in [3.63, 3.8) is 0 Å². The van der Waals surface area contributed by atoms with Crippen LogP contribution in [0.3, 0.4) is 0 Å². The van der Waals surface area contributed by atoms with Crippen LogP contribution in [-0.4, -0.2) is 59.4 Å². The van der Waals surface area contributed by atoms with E-state index in [1.807, 2.05) is 0 Å². The lowest BCUT2D eigenvalue weighted by Crippen LogP contribution is -2.65. The number of nitrogens with zero attached hydrogens (tertiary/aromatic N) is 1. The number of ether oxygens (including phenoxy) is 4. The van der Waals surface area contributed by atoms with E-state index in [0.717, 1.165) is 20.8 Å². The van der Waals surface area contributed by atoms with Gasteiger partial charge in [0.2, 0.25) is 0 Å². The molecule has 0 aromatic heterocycles.